The van der Waals surface area contributed by atoms with Crippen LogP contribution in [0.3, 0.4) is 0 Å². The van der Waals surface area contributed by atoms with Crippen LogP contribution in [0.4, 0.5) is 25.3 Å². The van der Waals surface area contributed by atoms with E-state index < -0.39 is 30.3 Å². The van der Waals surface area contributed by atoms with E-state index in [-0.39, 0.29) is 30.9 Å². The number of imidazole rings is 1. The van der Waals surface area contributed by atoms with Gasteiger partial charge in [-0.05, 0) is 13.8 Å². The minimum Gasteiger partial charge on any atom is -0.441 e. The van der Waals surface area contributed by atoms with Crippen LogP contribution in [-0.2, 0) is 20.8 Å². The van der Waals surface area contributed by atoms with Gasteiger partial charge in [0.05, 0.1) is 30.8 Å². The average molecular weight is 451 g/mol. The lowest BCUT2D eigenvalue weighted by atomic mass is 10.1. The van der Waals surface area contributed by atoms with Crippen LogP contribution >= 0.6 is 0 Å². The number of carbonyl (C=O) groups is 1. The molecule has 0 saturated carbocycles. The highest BCUT2D eigenvalue weighted by atomic mass is 19.1. The van der Waals surface area contributed by atoms with Gasteiger partial charge in [-0.3, -0.25) is 9.50 Å². The summed E-state index contributed by atoms with van der Waals surface area (Å²) in [5, 5.41) is 12.3. The van der Waals surface area contributed by atoms with Crippen LogP contribution < -0.4 is 10.6 Å². The maximum absolute atomic E-state index is 14.8. The molecule has 3 aromatic heterocycles. The fraction of sp³-hybridized carbons (Fsp3) is 0.474. The Kier molecular flexibility index (Phi) is 6.19. The van der Waals surface area contributed by atoms with Crippen molar-refractivity contribution in [1.29, 1.82) is 0 Å². The molecular formula is C19H23F2N7O4. The number of nitrogens with zero attached hydrogens (tertiary/aromatic N) is 4. The number of nitrogens with one attached hydrogen (secondary N) is 3. The molecule has 4 rings (SSSR count). The monoisotopic (exact) mass is 451 g/mol. The van der Waals surface area contributed by atoms with E-state index in [4.69, 9.17) is 14.2 Å². The minimum atomic E-state index is -1.58. The lowest BCUT2D eigenvalue weighted by Gasteiger charge is -2.16. The van der Waals surface area contributed by atoms with E-state index in [1.165, 1.54) is 17.6 Å². The molecule has 3 aromatic rings. The molecule has 13 heteroatoms. The molecule has 172 valence electrons. The maximum atomic E-state index is 14.8. The van der Waals surface area contributed by atoms with E-state index >= 15 is 0 Å². The van der Waals surface area contributed by atoms with Gasteiger partial charge in [0.15, 0.2) is 29.6 Å². The molecule has 1 saturated heterocycles. The fourth-order valence-electron chi connectivity index (χ4n) is 3.31. The Hall–Kier alpha value is -3.32. The van der Waals surface area contributed by atoms with Crippen molar-refractivity contribution in [2.75, 3.05) is 19.0 Å². The van der Waals surface area contributed by atoms with Gasteiger partial charge < -0.3 is 24.8 Å². The molecule has 1 fully saturated rings. The first-order valence-corrected chi connectivity index (χ1v) is 9.92. The molecule has 3 atom stereocenters. The van der Waals surface area contributed by atoms with Crippen molar-refractivity contribution >= 4 is 23.5 Å². The number of anilines is 2. The highest BCUT2D eigenvalue weighted by molar-refractivity contribution is 5.67. The number of hydrogen-bond donors (Lipinski definition) is 3. The van der Waals surface area contributed by atoms with E-state index in [9.17, 15) is 13.6 Å². The topological polar surface area (TPSA) is 128 Å². The van der Waals surface area contributed by atoms with Crippen LogP contribution in [0.2, 0.25) is 0 Å². The van der Waals surface area contributed by atoms with Crippen LogP contribution in [0.15, 0.2) is 18.5 Å². The van der Waals surface area contributed by atoms with Crippen molar-refractivity contribution < 1.29 is 27.8 Å². The summed E-state index contributed by atoms with van der Waals surface area (Å²) >= 11 is 0. The van der Waals surface area contributed by atoms with Crippen molar-refractivity contribution in [3.8, 4) is 0 Å². The maximum Gasteiger partial charge on any atom is 0.407 e. The number of ether oxygens (including phenoxy) is 3. The van der Waals surface area contributed by atoms with Crippen molar-refractivity contribution in [3.05, 3.63) is 35.7 Å². The molecule has 0 aromatic carbocycles. The zero-order valence-electron chi connectivity index (χ0n) is 17.6. The Morgan fingerprint density at radius 2 is 2.28 bits per heavy atom. The highest BCUT2D eigenvalue weighted by Crippen LogP contribution is 2.33. The number of methoxy groups -OCH3 is 1. The summed E-state index contributed by atoms with van der Waals surface area (Å²) < 4.78 is 45.9. The molecule has 32 heavy (non-hydrogen) atoms. The van der Waals surface area contributed by atoms with Gasteiger partial charge in [0, 0.05) is 25.4 Å². The third kappa shape index (κ3) is 4.48. The zero-order chi connectivity index (χ0) is 22.8. The summed E-state index contributed by atoms with van der Waals surface area (Å²) in [6.45, 7) is 3.67. The number of hydrogen-bond acceptors (Lipinski definition) is 8. The second-order valence-corrected chi connectivity index (χ2v) is 7.56. The quantitative estimate of drug-likeness (QED) is 0.500. The standard InChI is InChI=1S/C19H23F2N7O4/c1-9(2)23-19(29)32-13-8-31-16(15(13)21)12-4-14(27-26-12)25-18-22-5-11(20)17-24-10(7-30-3)6-28(17)18/h4-6,9,13,15-16H,7-8H2,1-3H3,(H,23,29)(H2,22,25,26,27)/t13-,15-,16-/m1/s1. The molecule has 0 unspecified atom stereocenters. The van der Waals surface area contributed by atoms with Gasteiger partial charge in [-0.1, -0.05) is 0 Å². The summed E-state index contributed by atoms with van der Waals surface area (Å²) in [4.78, 5) is 20.0. The summed E-state index contributed by atoms with van der Waals surface area (Å²) in [5.74, 6) is -0.0297. The fourth-order valence-corrected chi connectivity index (χ4v) is 3.31. The number of alkyl carbamates (subject to hydrolysis) is 1. The van der Waals surface area contributed by atoms with Crippen molar-refractivity contribution in [3.63, 3.8) is 0 Å². The summed E-state index contributed by atoms with van der Waals surface area (Å²) in [7, 11) is 1.51. The van der Waals surface area contributed by atoms with Gasteiger partial charge >= 0.3 is 6.09 Å². The molecule has 0 radical (unpaired) electrons. The van der Waals surface area contributed by atoms with E-state index in [0.717, 1.165) is 6.20 Å². The van der Waals surface area contributed by atoms with Crippen molar-refractivity contribution in [1.82, 2.24) is 29.9 Å². The molecule has 0 aliphatic carbocycles. The molecule has 3 N–H and O–H groups in total. The Morgan fingerprint density at radius 1 is 1.47 bits per heavy atom. The second-order valence-electron chi connectivity index (χ2n) is 7.56. The van der Waals surface area contributed by atoms with E-state index in [0.29, 0.717) is 17.2 Å². The Balaban J connectivity index is 1.47. The minimum absolute atomic E-state index is 0.0768. The number of H-pyrrole nitrogens is 1. The average Bonchev–Trinajstić information content (AvgIpc) is 3.44. The van der Waals surface area contributed by atoms with Crippen LogP contribution in [0, 0.1) is 5.82 Å². The Bertz CT molecular complexity index is 1100. The lowest BCUT2D eigenvalue weighted by Crippen LogP contribution is -2.36. The molecule has 1 aliphatic heterocycles. The largest absolute Gasteiger partial charge is 0.441 e. The van der Waals surface area contributed by atoms with Gasteiger partial charge in [-0.25, -0.2) is 23.5 Å². The van der Waals surface area contributed by atoms with Gasteiger partial charge in [0.1, 0.15) is 6.10 Å². The third-order valence-corrected chi connectivity index (χ3v) is 4.68. The first kappa shape index (κ1) is 21.9. The highest BCUT2D eigenvalue weighted by Gasteiger charge is 2.42. The predicted octanol–water partition coefficient (Wildman–Crippen LogP) is 2.39. The molecule has 0 bridgehead atoms. The Labute approximate surface area is 181 Å². The van der Waals surface area contributed by atoms with Crippen LogP contribution in [0.1, 0.15) is 31.3 Å². The third-order valence-electron chi connectivity index (χ3n) is 4.68. The first-order valence-electron chi connectivity index (χ1n) is 9.92. The summed E-state index contributed by atoms with van der Waals surface area (Å²) in [6.07, 6.45) is -1.69. The molecule has 11 nitrogen and oxygen atoms in total. The van der Waals surface area contributed by atoms with E-state index in [1.807, 2.05) is 0 Å². The van der Waals surface area contributed by atoms with Gasteiger partial charge in [-0.15, -0.1) is 0 Å². The number of alkyl halides is 1. The van der Waals surface area contributed by atoms with Crippen molar-refractivity contribution in [2.45, 2.75) is 44.9 Å². The number of rotatable bonds is 7. The normalized spacial score (nSPS) is 20.8. The molecule has 4 heterocycles. The number of halogens is 2. The predicted molar refractivity (Wildman–Crippen MR) is 108 cm³/mol. The van der Waals surface area contributed by atoms with Gasteiger partial charge in [-0.2, -0.15) is 5.10 Å². The van der Waals surface area contributed by atoms with Crippen LogP contribution in [0.25, 0.3) is 5.65 Å². The summed E-state index contributed by atoms with van der Waals surface area (Å²) in [6, 6.07) is 1.41. The molecule has 0 spiro atoms. The number of aromatic nitrogens is 5. The van der Waals surface area contributed by atoms with Crippen molar-refractivity contribution in [2.24, 2.45) is 0 Å². The first-order chi connectivity index (χ1) is 15.4. The zero-order valence-corrected chi connectivity index (χ0v) is 17.6. The van der Waals surface area contributed by atoms with Crippen LogP contribution in [0.5, 0.6) is 0 Å². The van der Waals surface area contributed by atoms with E-state index in [1.54, 1.807) is 20.0 Å². The lowest BCUT2D eigenvalue weighted by molar-refractivity contribution is 0.0615. The van der Waals surface area contributed by atoms with E-state index in [2.05, 4.69) is 30.8 Å². The Morgan fingerprint density at radius 3 is 3.03 bits per heavy atom. The number of amides is 1. The number of aromatic amines is 1. The molecule has 1 amide bonds. The van der Waals surface area contributed by atoms with Gasteiger partial charge in [0.25, 0.3) is 0 Å². The number of carbonyl (C=O) groups excluding carboxylic acids is 1. The molecular weight excluding hydrogens is 428 g/mol. The number of fused-ring (bicyclic) bond motifs is 1. The van der Waals surface area contributed by atoms with Crippen LogP contribution in [-0.4, -0.2) is 62.7 Å². The van der Waals surface area contributed by atoms with Gasteiger partial charge in [0.2, 0.25) is 5.95 Å². The second kappa shape index (κ2) is 9.04. The summed E-state index contributed by atoms with van der Waals surface area (Å²) in [5.41, 5.74) is 0.949. The molecule has 1 aliphatic rings. The SMILES string of the molecule is COCc1cn2c(Nc3cc([C@H]4OC[C@@H](OC(=O)NC(C)C)[C@H]4F)[nH]n3)ncc(F)c2n1. The smallest absolute Gasteiger partial charge is 0.407 e.